The van der Waals surface area contributed by atoms with Crippen LogP contribution in [0, 0.1) is 0 Å². The molecule has 2 aliphatic rings. The van der Waals surface area contributed by atoms with Gasteiger partial charge in [0, 0.05) is 24.2 Å². The Balaban J connectivity index is 1.89. The van der Waals surface area contributed by atoms with Crippen LogP contribution in [0.2, 0.25) is 0 Å². The minimum absolute atomic E-state index is 0.243. The molecule has 1 aliphatic carbocycles. The second-order valence-corrected chi connectivity index (χ2v) is 5.31. The zero-order valence-electron chi connectivity index (χ0n) is 10.4. The number of halogens is 1. The quantitative estimate of drug-likeness (QED) is 0.860. The maximum absolute atomic E-state index is 14.1. The van der Waals surface area contributed by atoms with Gasteiger partial charge in [-0.2, -0.15) is 0 Å². The average molecular weight is 251 g/mol. The van der Waals surface area contributed by atoms with Crippen molar-refractivity contribution in [3.63, 3.8) is 0 Å². The van der Waals surface area contributed by atoms with E-state index in [0.717, 1.165) is 30.8 Å². The Bertz CT molecular complexity index is 454. The number of aryl methyl sites for hydroxylation is 1. The number of aliphatic hydroxyl groups is 1. The van der Waals surface area contributed by atoms with Gasteiger partial charge in [0.2, 0.25) is 0 Å². The standard InChI is InChI=1S/C13H18FN3O/c14-13(8-18)5-6-17(7-13)12-10-3-1-2-4-11(10)15-9-16-12/h9,18H,1-8H2. The summed E-state index contributed by atoms with van der Waals surface area (Å²) in [5.74, 6) is 0.882. The number of hydrogen-bond donors (Lipinski definition) is 1. The van der Waals surface area contributed by atoms with Crippen LogP contribution in [-0.2, 0) is 12.8 Å². The molecule has 0 aromatic carbocycles. The number of rotatable bonds is 2. The molecule has 4 nitrogen and oxygen atoms in total. The summed E-state index contributed by atoms with van der Waals surface area (Å²) >= 11 is 0. The van der Waals surface area contributed by atoms with Crippen LogP contribution >= 0.6 is 0 Å². The van der Waals surface area contributed by atoms with Gasteiger partial charge < -0.3 is 10.0 Å². The topological polar surface area (TPSA) is 49.2 Å². The Hall–Kier alpha value is -1.23. The van der Waals surface area contributed by atoms with E-state index in [2.05, 4.69) is 9.97 Å². The molecule has 0 amide bonds. The first kappa shape index (κ1) is 11.8. The lowest BCUT2D eigenvalue weighted by molar-refractivity contribution is 0.0909. The molecule has 0 bridgehead atoms. The lowest BCUT2D eigenvalue weighted by atomic mass is 9.96. The molecular formula is C13H18FN3O. The van der Waals surface area contributed by atoms with E-state index in [-0.39, 0.29) is 6.54 Å². The molecule has 1 aliphatic heterocycles. The van der Waals surface area contributed by atoms with Crippen LogP contribution in [0.25, 0.3) is 0 Å². The van der Waals surface area contributed by atoms with Crippen LogP contribution in [0.15, 0.2) is 6.33 Å². The first-order chi connectivity index (χ1) is 8.72. The molecule has 0 radical (unpaired) electrons. The van der Waals surface area contributed by atoms with Gasteiger partial charge in [0.05, 0.1) is 13.2 Å². The highest BCUT2D eigenvalue weighted by Crippen LogP contribution is 2.33. The maximum Gasteiger partial charge on any atom is 0.152 e. The molecule has 2 heterocycles. The van der Waals surface area contributed by atoms with Gasteiger partial charge in [-0.3, -0.25) is 0 Å². The third-order valence-electron chi connectivity index (χ3n) is 3.99. The molecule has 18 heavy (non-hydrogen) atoms. The number of anilines is 1. The van der Waals surface area contributed by atoms with E-state index in [1.54, 1.807) is 6.33 Å². The first-order valence-electron chi connectivity index (χ1n) is 6.59. The Labute approximate surface area is 106 Å². The molecule has 1 aromatic heterocycles. The summed E-state index contributed by atoms with van der Waals surface area (Å²) < 4.78 is 14.1. The van der Waals surface area contributed by atoms with Crippen molar-refractivity contribution in [1.82, 2.24) is 9.97 Å². The predicted octanol–water partition coefficient (Wildman–Crippen LogP) is 1.27. The molecule has 1 N–H and O–H groups in total. The Morgan fingerprint density at radius 2 is 2.17 bits per heavy atom. The smallest absolute Gasteiger partial charge is 0.152 e. The van der Waals surface area contributed by atoms with Crippen molar-refractivity contribution in [2.75, 3.05) is 24.6 Å². The number of nitrogens with zero attached hydrogens (tertiary/aromatic N) is 3. The fraction of sp³-hybridized carbons (Fsp3) is 0.692. The van der Waals surface area contributed by atoms with Crippen molar-refractivity contribution >= 4 is 5.82 Å². The lowest BCUT2D eigenvalue weighted by Gasteiger charge is -2.25. The monoisotopic (exact) mass is 251 g/mol. The highest BCUT2D eigenvalue weighted by molar-refractivity contribution is 5.51. The fourth-order valence-corrected chi connectivity index (χ4v) is 2.92. The molecule has 5 heteroatoms. The molecule has 1 saturated heterocycles. The van der Waals surface area contributed by atoms with Crippen molar-refractivity contribution in [1.29, 1.82) is 0 Å². The first-order valence-corrected chi connectivity index (χ1v) is 6.59. The molecule has 0 saturated carbocycles. The third-order valence-corrected chi connectivity index (χ3v) is 3.99. The third kappa shape index (κ3) is 1.96. The summed E-state index contributed by atoms with van der Waals surface area (Å²) in [5.41, 5.74) is 0.838. The normalized spacial score (nSPS) is 27.3. The van der Waals surface area contributed by atoms with Crippen molar-refractivity contribution < 1.29 is 9.50 Å². The summed E-state index contributed by atoms with van der Waals surface area (Å²) in [6.45, 7) is 0.463. The molecular weight excluding hydrogens is 233 g/mol. The van der Waals surface area contributed by atoms with Gasteiger partial charge in [0.1, 0.15) is 12.1 Å². The van der Waals surface area contributed by atoms with E-state index in [1.165, 1.54) is 12.0 Å². The van der Waals surface area contributed by atoms with Gasteiger partial charge in [0.15, 0.2) is 5.67 Å². The summed E-state index contributed by atoms with van der Waals surface area (Å²) in [7, 11) is 0. The lowest BCUT2D eigenvalue weighted by Crippen LogP contribution is -2.33. The van der Waals surface area contributed by atoms with Crippen molar-refractivity contribution in [3.05, 3.63) is 17.6 Å². The van der Waals surface area contributed by atoms with Crippen LogP contribution < -0.4 is 4.90 Å². The number of aliphatic hydroxyl groups excluding tert-OH is 1. The van der Waals surface area contributed by atoms with Gasteiger partial charge in [-0.1, -0.05) is 0 Å². The Morgan fingerprint density at radius 1 is 1.33 bits per heavy atom. The summed E-state index contributed by atoms with van der Waals surface area (Å²) in [6.07, 6.45) is 6.27. The SMILES string of the molecule is OCC1(F)CCN(c2ncnc3c2CCCC3)C1. The summed E-state index contributed by atoms with van der Waals surface area (Å²) in [5, 5.41) is 9.09. The number of aromatic nitrogens is 2. The van der Waals surface area contributed by atoms with Crippen LogP contribution in [0.5, 0.6) is 0 Å². The van der Waals surface area contributed by atoms with E-state index in [4.69, 9.17) is 5.11 Å². The Kier molecular flexibility index (Phi) is 2.93. The predicted molar refractivity (Wildman–Crippen MR) is 66.4 cm³/mol. The Morgan fingerprint density at radius 3 is 2.94 bits per heavy atom. The van der Waals surface area contributed by atoms with Crippen LogP contribution in [0.3, 0.4) is 0 Å². The zero-order valence-corrected chi connectivity index (χ0v) is 10.4. The van der Waals surface area contributed by atoms with Crippen molar-refractivity contribution in [2.24, 2.45) is 0 Å². The molecule has 1 aromatic rings. The maximum atomic E-state index is 14.1. The summed E-state index contributed by atoms with van der Waals surface area (Å²) in [4.78, 5) is 10.6. The minimum atomic E-state index is -1.47. The van der Waals surface area contributed by atoms with E-state index >= 15 is 0 Å². The highest BCUT2D eigenvalue weighted by atomic mass is 19.1. The van der Waals surface area contributed by atoms with Crippen molar-refractivity contribution in [3.8, 4) is 0 Å². The minimum Gasteiger partial charge on any atom is -0.393 e. The second-order valence-electron chi connectivity index (χ2n) is 5.31. The zero-order chi connectivity index (χ0) is 12.6. The van der Waals surface area contributed by atoms with E-state index in [9.17, 15) is 4.39 Å². The van der Waals surface area contributed by atoms with Gasteiger partial charge >= 0.3 is 0 Å². The van der Waals surface area contributed by atoms with E-state index in [1.807, 2.05) is 4.90 Å². The summed E-state index contributed by atoms with van der Waals surface area (Å²) in [6, 6.07) is 0. The van der Waals surface area contributed by atoms with Crippen LogP contribution in [-0.4, -0.2) is 40.4 Å². The van der Waals surface area contributed by atoms with Crippen LogP contribution in [0.1, 0.15) is 30.5 Å². The molecule has 3 rings (SSSR count). The van der Waals surface area contributed by atoms with E-state index < -0.39 is 12.3 Å². The van der Waals surface area contributed by atoms with Gasteiger partial charge in [0.25, 0.3) is 0 Å². The number of alkyl halides is 1. The molecule has 1 unspecified atom stereocenters. The average Bonchev–Trinajstić information content (AvgIpc) is 2.81. The molecule has 1 fully saturated rings. The largest absolute Gasteiger partial charge is 0.393 e. The van der Waals surface area contributed by atoms with Gasteiger partial charge in [-0.25, -0.2) is 14.4 Å². The van der Waals surface area contributed by atoms with E-state index in [0.29, 0.717) is 13.0 Å². The molecule has 98 valence electrons. The van der Waals surface area contributed by atoms with Gasteiger partial charge in [-0.05, 0) is 25.7 Å². The van der Waals surface area contributed by atoms with Gasteiger partial charge in [-0.15, -0.1) is 0 Å². The molecule has 0 spiro atoms. The number of hydrogen-bond acceptors (Lipinski definition) is 4. The van der Waals surface area contributed by atoms with Crippen LogP contribution in [0.4, 0.5) is 10.2 Å². The second kappa shape index (κ2) is 4.46. The molecule has 1 atom stereocenters. The number of fused-ring (bicyclic) bond motifs is 1. The highest BCUT2D eigenvalue weighted by Gasteiger charge is 2.39. The fourth-order valence-electron chi connectivity index (χ4n) is 2.92. The van der Waals surface area contributed by atoms with Crippen molar-refractivity contribution in [2.45, 2.75) is 37.8 Å².